The molecule has 0 aliphatic carbocycles. The Balaban J connectivity index is 1.88. The number of amides is 1. The first-order chi connectivity index (χ1) is 9.04. The van der Waals surface area contributed by atoms with Gasteiger partial charge in [0, 0.05) is 29.8 Å². The van der Waals surface area contributed by atoms with E-state index in [2.05, 4.69) is 17.1 Å². The fourth-order valence-corrected chi connectivity index (χ4v) is 3.26. The molecule has 1 fully saturated rings. The molecular formula is C13H18ClN3OS. The number of halogens is 1. The van der Waals surface area contributed by atoms with Gasteiger partial charge in [-0.15, -0.1) is 0 Å². The first-order valence-corrected chi connectivity index (χ1v) is 7.66. The highest BCUT2D eigenvalue weighted by molar-refractivity contribution is 7.99. The van der Waals surface area contributed by atoms with Crippen molar-refractivity contribution < 1.29 is 4.79 Å². The number of nitrogens with one attached hydrogen (secondary N) is 1. The number of nitrogens with two attached hydrogens (primary N) is 1. The highest BCUT2D eigenvalue weighted by Gasteiger charge is 2.18. The van der Waals surface area contributed by atoms with Crippen LogP contribution in [0.4, 0.5) is 11.4 Å². The van der Waals surface area contributed by atoms with E-state index < -0.39 is 0 Å². The Morgan fingerprint density at radius 2 is 2.42 bits per heavy atom. The highest BCUT2D eigenvalue weighted by atomic mass is 35.5. The van der Waals surface area contributed by atoms with Crippen LogP contribution in [0.2, 0.25) is 5.02 Å². The van der Waals surface area contributed by atoms with Crippen molar-refractivity contribution in [2.45, 2.75) is 12.2 Å². The van der Waals surface area contributed by atoms with E-state index in [1.54, 1.807) is 18.2 Å². The van der Waals surface area contributed by atoms with Gasteiger partial charge in [-0.05, 0) is 18.2 Å². The number of benzene rings is 1. The van der Waals surface area contributed by atoms with Crippen molar-refractivity contribution in [2.24, 2.45) is 0 Å². The summed E-state index contributed by atoms with van der Waals surface area (Å²) in [5, 5.41) is 3.94. The lowest BCUT2D eigenvalue weighted by Gasteiger charge is -2.29. The molecule has 0 bridgehead atoms. The SMILES string of the molecule is CC1CN(CC(=O)Nc2ccc(Cl)c(N)c2)CCS1. The number of anilines is 2. The molecule has 1 aliphatic rings. The summed E-state index contributed by atoms with van der Waals surface area (Å²) in [5.41, 5.74) is 6.86. The van der Waals surface area contributed by atoms with Crippen LogP contribution in [0.3, 0.4) is 0 Å². The van der Waals surface area contributed by atoms with Crippen LogP contribution >= 0.6 is 23.4 Å². The van der Waals surface area contributed by atoms with Crippen molar-refractivity contribution in [1.82, 2.24) is 4.90 Å². The number of rotatable bonds is 3. The van der Waals surface area contributed by atoms with Gasteiger partial charge in [0.1, 0.15) is 0 Å². The summed E-state index contributed by atoms with van der Waals surface area (Å²) in [6, 6.07) is 5.12. The molecule has 1 aromatic rings. The Labute approximate surface area is 122 Å². The summed E-state index contributed by atoms with van der Waals surface area (Å²) in [4.78, 5) is 14.1. The summed E-state index contributed by atoms with van der Waals surface area (Å²) in [5.74, 6) is 1.07. The van der Waals surface area contributed by atoms with Crippen molar-refractivity contribution in [3.63, 3.8) is 0 Å². The molecule has 6 heteroatoms. The van der Waals surface area contributed by atoms with Gasteiger partial charge < -0.3 is 11.1 Å². The van der Waals surface area contributed by atoms with E-state index in [0.29, 0.717) is 28.2 Å². The molecule has 1 aliphatic heterocycles. The molecule has 1 saturated heterocycles. The zero-order valence-corrected chi connectivity index (χ0v) is 12.4. The second kappa shape index (κ2) is 6.50. The van der Waals surface area contributed by atoms with Crippen LogP contribution in [-0.2, 0) is 4.79 Å². The number of nitrogens with zero attached hydrogens (tertiary/aromatic N) is 1. The van der Waals surface area contributed by atoms with Crippen LogP contribution in [0.5, 0.6) is 0 Å². The lowest BCUT2D eigenvalue weighted by Crippen LogP contribution is -2.41. The number of hydrogen-bond donors (Lipinski definition) is 2. The Kier molecular flexibility index (Phi) is 4.96. The van der Waals surface area contributed by atoms with Crippen LogP contribution in [0.1, 0.15) is 6.92 Å². The zero-order chi connectivity index (χ0) is 13.8. The van der Waals surface area contributed by atoms with Gasteiger partial charge in [-0.2, -0.15) is 11.8 Å². The van der Waals surface area contributed by atoms with E-state index in [0.717, 1.165) is 18.8 Å². The third-order valence-electron chi connectivity index (χ3n) is 2.97. The van der Waals surface area contributed by atoms with Gasteiger partial charge in [-0.25, -0.2) is 0 Å². The topological polar surface area (TPSA) is 58.4 Å². The van der Waals surface area contributed by atoms with Gasteiger partial charge in [0.15, 0.2) is 0 Å². The van der Waals surface area contributed by atoms with Crippen molar-refractivity contribution in [1.29, 1.82) is 0 Å². The Hall–Kier alpha value is -0.910. The summed E-state index contributed by atoms with van der Waals surface area (Å²) in [6.07, 6.45) is 0. The van der Waals surface area contributed by atoms with E-state index in [9.17, 15) is 4.79 Å². The molecule has 4 nitrogen and oxygen atoms in total. The van der Waals surface area contributed by atoms with Gasteiger partial charge in [-0.1, -0.05) is 18.5 Å². The predicted octanol–water partition coefficient (Wildman–Crippen LogP) is 2.30. The van der Waals surface area contributed by atoms with Crippen molar-refractivity contribution in [3.05, 3.63) is 23.2 Å². The minimum Gasteiger partial charge on any atom is -0.397 e. The maximum atomic E-state index is 12.0. The van der Waals surface area contributed by atoms with Crippen molar-refractivity contribution in [3.8, 4) is 0 Å². The van der Waals surface area contributed by atoms with Crippen LogP contribution in [0.25, 0.3) is 0 Å². The lowest BCUT2D eigenvalue weighted by molar-refractivity contribution is -0.117. The fourth-order valence-electron chi connectivity index (χ4n) is 2.06. The number of carbonyl (C=O) groups excluding carboxylic acids is 1. The molecular weight excluding hydrogens is 282 g/mol. The standard InChI is InChI=1S/C13H18ClN3OS/c1-9-7-17(4-5-19-9)8-13(18)16-10-2-3-11(14)12(15)6-10/h2-3,6,9H,4-5,7-8,15H2,1H3,(H,16,18). The summed E-state index contributed by atoms with van der Waals surface area (Å²) in [6.45, 7) is 4.54. The normalized spacial score (nSPS) is 20.2. The smallest absolute Gasteiger partial charge is 0.238 e. The van der Waals surface area contributed by atoms with Gasteiger partial charge in [0.05, 0.1) is 17.3 Å². The third-order valence-corrected chi connectivity index (χ3v) is 4.45. The molecule has 2 rings (SSSR count). The lowest BCUT2D eigenvalue weighted by atomic mass is 10.2. The summed E-state index contributed by atoms with van der Waals surface area (Å²) < 4.78 is 0. The third kappa shape index (κ3) is 4.30. The molecule has 104 valence electrons. The molecule has 1 aromatic carbocycles. The molecule has 0 radical (unpaired) electrons. The van der Waals surface area contributed by atoms with E-state index in [1.807, 2.05) is 11.8 Å². The minimum atomic E-state index is -0.0131. The maximum Gasteiger partial charge on any atom is 0.238 e. The number of nitrogen functional groups attached to an aromatic ring is 1. The first-order valence-electron chi connectivity index (χ1n) is 6.23. The molecule has 1 heterocycles. The van der Waals surface area contributed by atoms with Crippen molar-refractivity contribution >= 4 is 40.6 Å². The minimum absolute atomic E-state index is 0.0131. The van der Waals surface area contributed by atoms with Gasteiger partial charge in [0.25, 0.3) is 0 Å². The fraction of sp³-hybridized carbons (Fsp3) is 0.462. The van der Waals surface area contributed by atoms with Crippen LogP contribution in [-0.4, -0.2) is 41.4 Å². The van der Waals surface area contributed by atoms with Gasteiger partial charge in [0.2, 0.25) is 5.91 Å². The van der Waals surface area contributed by atoms with Crippen LogP contribution < -0.4 is 11.1 Å². The van der Waals surface area contributed by atoms with E-state index in [4.69, 9.17) is 17.3 Å². The molecule has 3 N–H and O–H groups in total. The maximum absolute atomic E-state index is 12.0. The molecule has 19 heavy (non-hydrogen) atoms. The monoisotopic (exact) mass is 299 g/mol. The number of thioether (sulfide) groups is 1. The van der Waals surface area contributed by atoms with Gasteiger partial charge >= 0.3 is 0 Å². The molecule has 1 unspecified atom stereocenters. The van der Waals surface area contributed by atoms with Gasteiger partial charge in [-0.3, -0.25) is 9.69 Å². The quantitative estimate of drug-likeness (QED) is 0.841. The van der Waals surface area contributed by atoms with Crippen LogP contribution in [0.15, 0.2) is 18.2 Å². The zero-order valence-electron chi connectivity index (χ0n) is 10.9. The largest absolute Gasteiger partial charge is 0.397 e. The van der Waals surface area contributed by atoms with E-state index in [1.165, 1.54) is 0 Å². The molecule has 0 aromatic heterocycles. The Morgan fingerprint density at radius 3 is 3.11 bits per heavy atom. The predicted molar refractivity (Wildman–Crippen MR) is 82.9 cm³/mol. The average molecular weight is 300 g/mol. The second-order valence-corrected chi connectivity index (χ2v) is 6.65. The molecule has 0 spiro atoms. The van der Waals surface area contributed by atoms with E-state index >= 15 is 0 Å². The number of carbonyl (C=O) groups is 1. The summed E-state index contributed by atoms with van der Waals surface area (Å²) >= 11 is 7.79. The van der Waals surface area contributed by atoms with Crippen molar-refractivity contribution in [2.75, 3.05) is 36.4 Å². The Bertz CT molecular complexity index is 469. The highest BCUT2D eigenvalue weighted by Crippen LogP contribution is 2.22. The molecule has 0 saturated carbocycles. The van der Waals surface area contributed by atoms with Crippen LogP contribution in [0, 0.1) is 0 Å². The first kappa shape index (κ1) is 14.5. The molecule has 1 atom stereocenters. The molecule has 1 amide bonds. The van der Waals surface area contributed by atoms with E-state index in [-0.39, 0.29) is 5.91 Å². The summed E-state index contributed by atoms with van der Waals surface area (Å²) in [7, 11) is 0. The Morgan fingerprint density at radius 1 is 1.63 bits per heavy atom. The number of hydrogen-bond acceptors (Lipinski definition) is 4. The average Bonchev–Trinajstić information content (AvgIpc) is 2.34. The second-order valence-electron chi connectivity index (χ2n) is 4.70.